The molecular formula is C6H9NO3. The quantitative estimate of drug-likeness (QED) is 0.454. The monoisotopic (exact) mass is 143 g/mol. The highest BCUT2D eigenvalue weighted by atomic mass is 16.4. The molecule has 0 spiro atoms. The van der Waals surface area contributed by atoms with Crippen molar-refractivity contribution < 1.29 is 15.0 Å². The van der Waals surface area contributed by atoms with Crippen LogP contribution in [-0.2, 0) is 4.79 Å². The molecule has 10 heavy (non-hydrogen) atoms. The summed E-state index contributed by atoms with van der Waals surface area (Å²) in [6.07, 6.45) is 2.61. The van der Waals surface area contributed by atoms with Gasteiger partial charge in [0.25, 0.3) is 0 Å². The predicted molar refractivity (Wildman–Crippen MR) is 34.3 cm³/mol. The number of hydrogen-bond acceptors (Lipinski definition) is 3. The van der Waals surface area contributed by atoms with Gasteiger partial charge in [-0.25, -0.2) is 4.79 Å². The minimum absolute atomic E-state index is 0.242. The Balaban J connectivity index is 2.52. The highest BCUT2D eigenvalue weighted by molar-refractivity contribution is 5.73. The van der Waals surface area contributed by atoms with E-state index < -0.39 is 18.1 Å². The highest BCUT2D eigenvalue weighted by Gasteiger charge is 2.21. The van der Waals surface area contributed by atoms with Gasteiger partial charge in [-0.1, -0.05) is 0 Å². The molecule has 0 aromatic heterocycles. The number of rotatable bonds is 1. The molecule has 1 heterocycles. The normalized spacial score (nSPS) is 31.3. The maximum Gasteiger partial charge on any atom is 0.326 e. The Labute approximate surface area is 58.2 Å². The molecule has 2 atom stereocenters. The van der Waals surface area contributed by atoms with E-state index in [1.165, 1.54) is 12.3 Å². The zero-order valence-electron chi connectivity index (χ0n) is 5.32. The standard InChI is InChI=1S/C6H9NO3/c8-4-1-2-7-5(3-4)6(9)10/h1-2,4-5,7-8H,3H2,(H,9,10). The van der Waals surface area contributed by atoms with Gasteiger partial charge in [0.2, 0.25) is 0 Å². The van der Waals surface area contributed by atoms with E-state index in [0.717, 1.165) is 0 Å². The lowest BCUT2D eigenvalue weighted by atomic mass is 10.1. The van der Waals surface area contributed by atoms with Crippen molar-refractivity contribution in [1.82, 2.24) is 5.32 Å². The summed E-state index contributed by atoms with van der Waals surface area (Å²) in [6, 6.07) is -0.639. The Morgan fingerprint density at radius 3 is 2.80 bits per heavy atom. The summed E-state index contributed by atoms with van der Waals surface area (Å²) in [5.74, 6) is -0.927. The number of carboxylic acids is 1. The maximum absolute atomic E-state index is 10.3. The summed E-state index contributed by atoms with van der Waals surface area (Å²) >= 11 is 0. The molecule has 0 radical (unpaired) electrons. The molecule has 0 fully saturated rings. The van der Waals surface area contributed by atoms with Crippen LogP contribution in [0.1, 0.15) is 6.42 Å². The molecule has 0 amide bonds. The van der Waals surface area contributed by atoms with Gasteiger partial charge in [0.1, 0.15) is 6.04 Å². The van der Waals surface area contributed by atoms with Crippen molar-refractivity contribution in [2.45, 2.75) is 18.6 Å². The number of carbonyl (C=O) groups is 1. The van der Waals surface area contributed by atoms with Gasteiger partial charge >= 0.3 is 5.97 Å². The van der Waals surface area contributed by atoms with E-state index in [1.54, 1.807) is 0 Å². The molecule has 0 saturated carbocycles. The van der Waals surface area contributed by atoms with E-state index >= 15 is 0 Å². The van der Waals surface area contributed by atoms with E-state index in [0.29, 0.717) is 0 Å². The van der Waals surface area contributed by atoms with Gasteiger partial charge in [-0.2, -0.15) is 0 Å². The Morgan fingerprint density at radius 1 is 1.70 bits per heavy atom. The van der Waals surface area contributed by atoms with Crippen LogP contribution in [0.4, 0.5) is 0 Å². The topological polar surface area (TPSA) is 69.6 Å². The van der Waals surface area contributed by atoms with Gasteiger partial charge in [0.15, 0.2) is 0 Å². The zero-order valence-corrected chi connectivity index (χ0v) is 5.32. The van der Waals surface area contributed by atoms with Crippen molar-refractivity contribution in [3.05, 3.63) is 12.3 Å². The van der Waals surface area contributed by atoms with Crippen LogP contribution >= 0.6 is 0 Å². The number of aliphatic carboxylic acids is 1. The minimum atomic E-state index is -0.927. The third-order valence-electron chi connectivity index (χ3n) is 1.39. The van der Waals surface area contributed by atoms with E-state index in [2.05, 4.69) is 5.32 Å². The molecular weight excluding hydrogens is 134 g/mol. The first-order valence-electron chi connectivity index (χ1n) is 3.04. The highest BCUT2D eigenvalue weighted by Crippen LogP contribution is 2.04. The number of hydrogen-bond donors (Lipinski definition) is 3. The van der Waals surface area contributed by atoms with Crippen molar-refractivity contribution >= 4 is 5.97 Å². The van der Waals surface area contributed by atoms with Crippen LogP contribution in [0.3, 0.4) is 0 Å². The van der Waals surface area contributed by atoms with E-state index in [4.69, 9.17) is 10.2 Å². The fraction of sp³-hybridized carbons (Fsp3) is 0.500. The summed E-state index contributed by atoms with van der Waals surface area (Å²) in [7, 11) is 0. The number of carboxylic acid groups (broad SMARTS) is 1. The predicted octanol–water partition coefficient (Wildman–Crippen LogP) is -0.692. The van der Waals surface area contributed by atoms with Gasteiger partial charge in [-0.3, -0.25) is 0 Å². The summed E-state index contributed by atoms with van der Waals surface area (Å²) in [6.45, 7) is 0. The van der Waals surface area contributed by atoms with Gasteiger partial charge in [0.05, 0.1) is 6.10 Å². The Kier molecular flexibility index (Phi) is 1.91. The van der Waals surface area contributed by atoms with Gasteiger partial charge in [-0.05, 0) is 12.3 Å². The molecule has 0 aliphatic carbocycles. The van der Waals surface area contributed by atoms with Crippen molar-refractivity contribution in [2.24, 2.45) is 0 Å². The second-order valence-corrected chi connectivity index (χ2v) is 2.22. The smallest absolute Gasteiger partial charge is 0.326 e. The molecule has 1 rings (SSSR count). The lowest BCUT2D eigenvalue weighted by molar-refractivity contribution is -0.140. The molecule has 1 aliphatic rings. The number of aliphatic hydroxyl groups excluding tert-OH is 1. The van der Waals surface area contributed by atoms with E-state index in [-0.39, 0.29) is 6.42 Å². The molecule has 1 aliphatic heterocycles. The Morgan fingerprint density at radius 2 is 2.40 bits per heavy atom. The average Bonchev–Trinajstić information content (AvgIpc) is 1.88. The van der Waals surface area contributed by atoms with Crippen molar-refractivity contribution in [1.29, 1.82) is 0 Å². The molecule has 4 heteroatoms. The molecule has 4 nitrogen and oxygen atoms in total. The first-order valence-corrected chi connectivity index (χ1v) is 3.04. The summed E-state index contributed by atoms with van der Waals surface area (Å²) in [4.78, 5) is 10.3. The average molecular weight is 143 g/mol. The first kappa shape index (κ1) is 7.08. The van der Waals surface area contributed by atoms with Crippen LogP contribution in [0, 0.1) is 0 Å². The van der Waals surface area contributed by atoms with Crippen LogP contribution in [0.2, 0.25) is 0 Å². The summed E-state index contributed by atoms with van der Waals surface area (Å²) in [5, 5.41) is 20.0. The minimum Gasteiger partial charge on any atom is -0.480 e. The molecule has 3 N–H and O–H groups in total. The van der Waals surface area contributed by atoms with Crippen molar-refractivity contribution in [3.8, 4) is 0 Å². The van der Waals surface area contributed by atoms with Crippen LogP contribution in [-0.4, -0.2) is 28.3 Å². The second-order valence-electron chi connectivity index (χ2n) is 2.22. The maximum atomic E-state index is 10.3. The molecule has 2 unspecified atom stereocenters. The summed E-state index contributed by atoms with van der Waals surface area (Å²) < 4.78 is 0. The third kappa shape index (κ3) is 1.48. The van der Waals surface area contributed by atoms with E-state index in [9.17, 15) is 4.79 Å². The fourth-order valence-corrected chi connectivity index (χ4v) is 0.843. The number of nitrogens with one attached hydrogen (secondary N) is 1. The van der Waals surface area contributed by atoms with Gasteiger partial charge < -0.3 is 15.5 Å². The second kappa shape index (κ2) is 2.70. The lowest BCUT2D eigenvalue weighted by Crippen LogP contribution is -2.39. The molecule has 0 aromatic carbocycles. The van der Waals surface area contributed by atoms with Crippen molar-refractivity contribution in [2.75, 3.05) is 0 Å². The third-order valence-corrected chi connectivity index (χ3v) is 1.39. The van der Waals surface area contributed by atoms with Crippen molar-refractivity contribution in [3.63, 3.8) is 0 Å². The van der Waals surface area contributed by atoms with Crippen LogP contribution in [0.25, 0.3) is 0 Å². The van der Waals surface area contributed by atoms with E-state index in [1.807, 2.05) is 0 Å². The van der Waals surface area contributed by atoms with Crippen LogP contribution in [0.5, 0.6) is 0 Å². The molecule has 0 aromatic rings. The molecule has 56 valence electrons. The SMILES string of the molecule is O=C(O)C1CC(O)C=CN1. The van der Waals surface area contributed by atoms with Gasteiger partial charge in [0, 0.05) is 6.42 Å². The number of aliphatic hydroxyl groups is 1. The lowest BCUT2D eigenvalue weighted by Gasteiger charge is -2.19. The fourth-order valence-electron chi connectivity index (χ4n) is 0.843. The zero-order chi connectivity index (χ0) is 7.56. The largest absolute Gasteiger partial charge is 0.480 e. The summed E-state index contributed by atoms with van der Waals surface area (Å²) in [5.41, 5.74) is 0. The Bertz CT molecular complexity index is 166. The van der Waals surface area contributed by atoms with Crippen LogP contribution in [0.15, 0.2) is 12.3 Å². The molecule has 0 bridgehead atoms. The Hall–Kier alpha value is -1.03. The van der Waals surface area contributed by atoms with Crippen LogP contribution < -0.4 is 5.32 Å². The van der Waals surface area contributed by atoms with Gasteiger partial charge in [-0.15, -0.1) is 0 Å². The first-order chi connectivity index (χ1) is 4.70. The molecule has 0 saturated heterocycles.